The lowest BCUT2D eigenvalue weighted by Gasteiger charge is -2.45. The Bertz CT molecular complexity index is 3720. The van der Waals surface area contributed by atoms with Crippen molar-refractivity contribution >= 4 is 94.8 Å². The molecule has 0 saturated heterocycles. The third-order valence-corrected chi connectivity index (χ3v) is 15.8. The number of fused-ring (bicyclic) bond motifs is 16. The van der Waals surface area contributed by atoms with Gasteiger partial charge in [-0.05, 0) is 140 Å². The van der Waals surface area contributed by atoms with Crippen LogP contribution in [0.25, 0.3) is 82.5 Å². The third-order valence-electron chi connectivity index (χ3n) is 15.8. The van der Waals surface area contributed by atoms with Gasteiger partial charge in [0.25, 0.3) is 0 Å². The lowest BCUT2D eigenvalue weighted by molar-refractivity contribution is 0.332. The number of anilines is 2. The number of aromatic nitrogens is 1. The Kier molecular flexibility index (Phi) is 7.25. The molecule has 0 unspecified atom stereocenters. The predicted octanol–water partition coefficient (Wildman–Crippen LogP) is 15.1. The second kappa shape index (κ2) is 12.1. The van der Waals surface area contributed by atoms with Gasteiger partial charge in [0.2, 0.25) is 0 Å². The van der Waals surface area contributed by atoms with E-state index in [4.69, 9.17) is 8.83 Å². The molecule has 3 aliphatic rings. The molecule has 10 aromatic rings. The first-order chi connectivity index (χ1) is 30.4. The van der Waals surface area contributed by atoms with E-state index < -0.39 is 0 Å². The van der Waals surface area contributed by atoms with E-state index in [0.717, 1.165) is 61.5 Å². The summed E-state index contributed by atoms with van der Waals surface area (Å²) in [4.78, 5) is 2.72. The van der Waals surface area contributed by atoms with E-state index in [2.05, 4.69) is 195 Å². The summed E-state index contributed by atoms with van der Waals surface area (Å²) < 4.78 is 16.9. The highest BCUT2D eigenvalue weighted by Gasteiger charge is 2.48. The monoisotopic (exact) mass is 834 g/mol. The second-order valence-corrected chi connectivity index (χ2v) is 22.8. The summed E-state index contributed by atoms with van der Waals surface area (Å²) in [5.74, 6) is 0. The molecule has 0 atom stereocenters. The SMILES string of the molecule is Cc1cc2c(cc1N1B3c4c(cc5c(oc6ccccc65)c4-n4c5ccc(C(C)(C)C)cc5c5cc(C(C)(C)C)cc3c54)-c3c1ccc1c3oc3ccccc31)C(C)(C)CCC2(C)C. The molecule has 5 heterocycles. The Balaban J connectivity index is 1.27. The zero-order valence-electron chi connectivity index (χ0n) is 39.1. The molecule has 3 aromatic heterocycles. The smallest absolute Gasteiger partial charge is 0.333 e. The predicted molar refractivity (Wildman–Crippen MR) is 272 cm³/mol. The van der Waals surface area contributed by atoms with Gasteiger partial charge >= 0.3 is 6.85 Å². The van der Waals surface area contributed by atoms with Crippen molar-refractivity contribution in [1.29, 1.82) is 0 Å². The van der Waals surface area contributed by atoms with E-state index in [0.29, 0.717) is 0 Å². The van der Waals surface area contributed by atoms with Crippen molar-refractivity contribution in [2.45, 2.75) is 111 Å². The fourth-order valence-electron chi connectivity index (χ4n) is 12.1. The average Bonchev–Trinajstić information content (AvgIpc) is 3.93. The number of nitrogens with zero attached hydrogens (tertiary/aromatic N) is 2. The summed E-state index contributed by atoms with van der Waals surface area (Å²) in [6.07, 6.45) is 2.32. The summed E-state index contributed by atoms with van der Waals surface area (Å²) >= 11 is 0. The minimum absolute atomic E-state index is 0.0154. The van der Waals surface area contributed by atoms with E-state index in [1.807, 2.05) is 0 Å². The van der Waals surface area contributed by atoms with Gasteiger partial charge in [0, 0.05) is 49.3 Å². The van der Waals surface area contributed by atoms with E-state index in [9.17, 15) is 0 Å². The average molecular weight is 835 g/mol. The molecular weight excluding hydrogens is 779 g/mol. The van der Waals surface area contributed by atoms with Crippen LogP contribution in [0.3, 0.4) is 0 Å². The first-order valence-corrected chi connectivity index (χ1v) is 23.4. The molecule has 64 heavy (non-hydrogen) atoms. The fraction of sp³-hybridized carbons (Fsp3) is 0.288. The van der Waals surface area contributed by atoms with Crippen LogP contribution in [0, 0.1) is 6.92 Å². The maximum atomic E-state index is 7.19. The Morgan fingerprint density at radius 1 is 0.562 bits per heavy atom. The molecule has 0 radical (unpaired) electrons. The van der Waals surface area contributed by atoms with Crippen LogP contribution in [0.5, 0.6) is 0 Å². The molecule has 0 amide bonds. The van der Waals surface area contributed by atoms with Crippen LogP contribution in [-0.2, 0) is 21.7 Å². The minimum Gasteiger partial charge on any atom is -0.455 e. The summed E-state index contributed by atoms with van der Waals surface area (Å²) in [5, 5.41) is 7.11. The van der Waals surface area contributed by atoms with Gasteiger partial charge in [-0.1, -0.05) is 124 Å². The molecule has 4 nitrogen and oxygen atoms in total. The highest BCUT2D eigenvalue weighted by Crippen LogP contribution is 2.54. The maximum Gasteiger partial charge on any atom is 0.333 e. The summed E-state index contributed by atoms with van der Waals surface area (Å²) in [6.45, 7) is 26.0. The second-order valence-electron chi connectivity index (χ2n) is 22.8. The minimum atomic E-state index is -0.169. The Labute approximate surface area is 375 Å². The first kappa shape index (κ1) is 38.3. The van der Waals surface area contributed by atoms with Gasteiger partial charge in [0.1, 0.15) is 16.7 Å². The fourth-order valence-corrected chi connectivity index (χ4v) is 12.1. The lowest BCUT2D eigenvalue weighted by Crippen LogP contribution is -2.61. The molecule has 13 rings (SSSR count). The standard InChI is InChI=1S/C59H55BN2O2/c1-32-26-42-43(59(10,11)25-24-58(42,8)9)31-47(32)62-46-23-21-37-35-16-12-14-18-48(35)63-54(37)50(46)41-30-40-36-17-13-15-19-49(36)64-55(40)53-51(41)60(62)44-29-34(57(5,6)7)28-39-38-27-33(56(2,3)4)20-22-45(38)61(53)52(39)44/h12-23,26-31H,24-25H2,1-11H3. The van der Waals surface area contributed by atoms with E-state index in [1.54, 1.807) is 0 Å². The van der Waals surface area contributed by atoms with Crippen LogP contribution < -0.4 is 15.7 Å². The van der Waals surface area contributed by atoms with Crippen molar-refractivity contribution in [2.24, 2.45) is 0 Å². The van der Waals surface area contributed by atoms with Gasteiger partial charge in [-0.2, -0.15) is 0 Å². The maximum absolute atomic E-state index is 7.19. The van der Waals surface area contributed by atoms with Crippen LogP contribution in [-0.4, -0.2) is 11.4 Å². The molecule has 5 heteroatoms. The van der Waals surface area contributed by atoms with Crippen molar-refractivity contribution in [2.75, 3.05) is 4.81 Å². The van der Waals surface area contributed by atoms with Crippen LogP contribution >= 0.6 is 0 Å². The van der Waals surface area contributed by atoms with Crippen molar-refractivity contribution < 1.29 is 8.83 Å². The number of para-hydroxylation sites is 2. The molecular formula is C59H55BN2O2. The zero-order valence-corrected chi connectivity index (χ0v) is 39.1. The highest BCUT2D eigenvalue weighted by molar-refractivity contribution is 6.94. The molecule has 0 fully saturated rings. The number of hydrogen-bond donors (Lipinski definition) is 0. The number of benzene rings is 7. The van der Waals surface area contributed by atoms with Crippen LogP contribution in [0.1, 0.15) is 110 Å². The quantitative estimate of drug-likeness (QED) is 0.155. The Morgan fingerprint density at radius 3 is 1.88 bits per heavy atom. The van der Waals surface area contributed by atoms with Crippen LogP contribution in [0.4, 0.5) is 11.4 Å². The highest BCUT2D eigenvalue weighted by atomic mass is 16.3. The van der Waals surface area contributed by atoms with Gasteiger partial charge in [-0.25, -0.2) is 0 Å². The normalized spacial score (nSPS) is 16.4. The molecule has 0 N–H and O–H groups in total. The summed E-state index contributed by atoms with van der Waals surface area (Å²) in [7, 11) is 0. The van der Waals surface area contributed by atoms with Gasteiger partial charge in [0.05, 0.1) is 16.7 Å². The van der Waals surface area contributed by atoms with Crippen LogP contribution in [0.2, 0.25) is 0 Å². The molecule has 0 bridgehead atoms. The van der Waals surface area contributed by atoms with E-state index in [1.165, 1.54) is 83.9 Å². The van der Waals surface area contributed by atoms with Gasteiger partial charge < -0.3 is 18.2 Å². The molecule has 1 aliphatic carbocycles. The Morgan fingerprint density at radius 2 is 1.19 bits per heavy atom. The zero-order chi connectivity index (χ0) is 44.1. The number of hydrogen-bond acceptors (Lipinski definition) is 3. The van der Waals surface area contributed by atoms with Gasteiger partial charge in [-0.3, -0.25) is 0 Å². The largest absolute Gasteiger partial charge is 0.455 e. The first-order valence-electron chi connectivity index (χ1n) is 23.4. The van der Waals surface area contributed by atoms with E-state index >= 15 is 0 Å². The number of furan rings is 2. The number of aryl methyl sites for hydroxylation is 1. The lowest BCUT2D eigenvalue weighted by atomic mass is 9.43. The van der Waals surface area contributed by atoms with E-state index in [-0.39, 0.29) is 28.5 Å². The molecule has 2 aliphatic heterocycles. The Hall–Kier alpha value is -6.20. The molecule has 0 spiro atoms. The van der Waals surface area contributed by atoms with Crippen molar-refractivity contribution in [3.05, 3.63) is 137 Å². The van der Waals surface area contributed by atoms with Gasteiger partial charge in [-0.15, -0.1) is 0 Å². The van der Waals surface area contributed by atoms with Crippen molar-refractivity contribution in [3.8, 4) is 16.8 Å². The molecule has 0 saturated carbocycles. The van der Waals surface area contributed by atoms with Crippen molar-refractivity contribution in [1.82, 2.24) is 4.57 Å². The molecule has 7 aromatic carbocycles. The topological polar surface area (TPSA) is 34.5 Å². The summed E-state index contributed by atoms with van der Waals surface area (Å²) in [6, 6.07) is 41.7. The van der Waals surface area contributed by atoms with Crippen molar-refractivity contribution in [3.63, 3.8) is 0 Å². The van der Waals surface area contributed by atoms with Gasteiger partial charge in [0.15, 0.2) is 5.58 Å². The molecule has 316 valence electrons. The summed E-state index contributed by atoms with van der Waals surface area (Å²) in [5.41, 5.74) is 21.6. The van der Waals surface area contributed by atoms with Crippen LogP contribution in [0.15, 0.2) is 118 Å². The third kappa shape index (κ3) is 4.91. The number of rotatable bonds is 1.